The number of rotatable bonds is 5. The number of nitrogens with zero attached hydrogens (tertiary/aromatic N) is 3. The van der Waals surface area contributed by atoms with Gasteiger partial charge in [0.25, 0.3) is 5.91 Å². The fourth-order valence-electron chi connectivity index (χ4n) is 2.27. The Hall–Kier alpha value is -2.26. The SMILES string of the molecule is CCn1c(CNC(=O)c2cc(-c3ccc(Br)cc3)n[nH]2)n[nH]c1=S. The van der Waals surface area contributed by atoms with E-state index in [9.17, 15) is 4.79 Å². The molecule has 0 aliphatic carbocycles. The van der Waals surface area contributed by atoms with E-state index < -0.39 is 0 Å². The largest absolute Gasteiger partial charge is 0.343 e. The molecule has 3 N–H and O–H groups in total. The number of carbonyl (C=O) groups is 1. The monoisotopic (exact) mass is 406 g/mol. The molecule has 1 amide bonds. The van der Waals surface area contributed by atoms with E-state index in [4.69, 9.17) is 12.2 Å². The zero-order chi connectivity index (χ0) is 17.1. The van der Waals surface area contributed by atoms with Gasteiger partial charge in [-0.15, -0.1) is 0 Å². The lowest BCUT2D eigenvalue weighted by atomic mass is 10.1. The molecule has 7 nitrogen and oxygen atoms in total. The fourth-order valence-corrected chi connectivity index (χ4v) is 2.82. The Morgan fingerprint density at radius 2 is 2.04 bits per heavy atom. The van der Waals surface area contributed by atoms with Crippen molar-refractivity contribution in [3.63, 3.8) is 0 Å². The lowest BCUT2D eigenvalue weighted by Gasteiger charge is -2.04. The predicted molar refractivity (Wildman–Crippen MR) is 96.0 cm³/mol. The van der Waals surface area contributed by atoms with Crippen molar-refractivity contribution in [2.24, 2.45) is 0 Å². The van der Waals surface area contributed by atoms with Crippen molar-refractivity contribution < 1.29 is 4.79 Å². The van der Waals surface area contributed by atoms with Crippen molar-refractivity contribution in [2.45, 2.75) is 20.0 Å². The lowest BCUT2D eigenvalue weighted by Crippen LogP contribution is -2.25. The molecular formula is C15H15BrN6OS. The topological polar surface area (TPSA) is 91.4 Å². The van der Waals surface area contributed by atoms with Crippen LogP contribution in [-0.2, 0) is 13.1 Å². The van der Waals surface area contributed by atoms with Crippen LogP contribution in [0.1, 0.15) is 23.2 Å². The molecule has 3 aromatic rings. The average molecular weight is 407 g/mol. The highest BCUT2D eigenvalue weighted by Gasteiger charge is 2.12. The van der Waals surface area contributed by atoms with Crippen LogP contribution in [0.5, 0.6) is 0 Å². The van der Waals surface area contributed by atoms with Crippen LogP contribution in [0.15, 0.2) is 34.8 Å². The molecular weight excluding hydrogens is 392 g/mol. The van der Waals surface area contributed by atoms with Crippen LogP contribution >= 0.6 is 28.1 Å². The van der Waals surface area contributed by atoms with E-state index in [-0.39, 0.29) is 12.5 Å². The molecule has 9 heteroatoms. The van der Waals surface area contributed by atoms with E-state index in [1.165, 1.54) is 0 Å². The summed E-state index contributed by atoms with van der Waals surface area (Å²) in [6.45, 7) is 2.95. The number of amides is 1. The van der Waals surface area contributed by atoms with Gasteiger partial charge in [-0.25, -0.2) is 0 Å². The van der Waals surface area contributed by atoms with Crippen LogP contribution in [0, 0.1) is 4.77 Å². The number of aromatic amines is 2. The number of H-pyrrole nitrogens is 2. The number of nitrogens with one attached hydrogen (secondary N) is 3. The summed E-state index contributed by atoms with van der Waals surface area (Å²) in [6.07, 6.45) is 0. The minimum Gasteiger partial charge on any atom is -0.343 e. The number of aromatic nitrogens is 5. The molecule has 0 fully saturated rings. The Bertz CT molecular complexity index is 911. The first-order valence-corrected chi connectivity index (χ1v) is 8.52. The number of benzene rings is 1. The summed E-state index contributed by atoms with van der Waals surface area (Å²) in [6, 6.07) is 9.44. The molecule has 0 saturated heterocycles. The maximum absolute atomic E-state index is 12.3. The molecule has 0 atom stereocenters. The maximum Gasteiger partial charge on any atom is 0.269 e. The Balaban J connectivity index is 1.69. The molecule has 24 heavy (non-hydrogen) atoms. The Morgan fingerprint density at radius 1 is 1.29 bits per heavy atom. The van der Waals surface area contributed by atoms with E-state index in [1.807, 2.05) is 35.8 Å². The van der Waals surface area contributed by atoms with Crippen molar-refractivity contribution in [1.29, 1.82) is 0 Å². The van der Waals surface area contributed by atoms with E-state index in [0.717, 1.165) is 10.0 Å². The highest BCUT2D eigenvalue weighted by Crippen LogP contribution is 2.20. The van der Waals surface area contributed by atoms with Gasteiger partial charge in [-0.3, -0.25) is 15.0 Å². The van der Waals surface area contributed by atoms with Gasteiger partial charge >= 0.3 is 0 Å². The summed E-state index contributed by atoms with van der Waals surface area (Å²) < 4.78 is 3.36. The standard InChI is InChI=1S/C15H15BrN6OS/c1-2-22-13(20-21-15(22)24)8-17-14(23)12-7-11(18-19-12)9-3-5-10(16)6-4-9/h3-7H,2,8H2,1H3,(H,17,23)(H,18,19)(H,21,24). The second kappa shape index (κ2) is 7.10. The maximum atomic E-state index is 12.3. The third kappa shape index (κ3) is 3.46. The van der Waals surface area contributed by atoms with Crippen LogP contribution in [0.4, 0.5) is 0 Å². The molecule has 0 saturated carbocycles. The molecule has 0 radical (unpaired) electrons. The minimum atomic E-state index is -0.248. The van der Waals surface area contributed by atoms with Gasteiger partial charge in [0.1, 0.15) is 5.69 Å². The summed E-state index contributed by atoms with van der Waals surface area (Å²) in [4.78, 5) is 12.3. The predicted octanol–water partition coefficient (Wildman–Crippen LogP) is 3.04. The Labute approximate surface area is 151 Å². The molecule has 3 rings (SSSR count). The van der Waals surface area contributed by atoms with Gasteiger partial charge in [0.15, 0.2) is 10.6 Å². The van der Waals surface area contributed by atoms with E-state index in [1.54, 1.807) is 6.07 Å². The van der Waals surface area contributed by atoms with Crippen LogP contribution in [0.3, 0.4) is 0 Å². The molecule has 0 bridgehead atoms. The number of hydrogen-bond acceptors (Lipinski definition) is 4. The van der Waals surface area contributed by atoms with Gasteiger partial charge < -0.3 is 9.88 Å². The van der Waals surface area contributed by atoms with E-state index >= 15 is 0 Å². The van der Waals surface area contributed by atoms with Crippen molar-refractivity contribution in [2.75, 3.05) is 0 Å². The first kappa shape index (κ1) is 16.6. The van der Waals surface area contributed by atoms with Crippen molar-refractivity contribution in [1.82, 2.24) is 30.3 Å². The third-order valence-corrected chi connectivity index (χ3v) is 4.36. The molecule has 2 aromatic heterocycles. The van der Waals surface area contributed by atoms with Gasteiger partial charge in [-0.05, 0) is 37.3 Å². The number of carbonyl (C=O) groups excluding carboxylic acids is 1. The van der Waals surface area contributed by atoms with Crippen LogP contribution in [0.25, 0.3) is 11.3 Å². The van der Waals surface area contributed by atoms with Gasteiger partial charge in [0, 0.05) is 16.6 Å². The van der Waals surface area contributed by atoms with Crippen molar-refractivity contribution in [3.8, 4) is 11.3 Å². The number of halogens is 1. The smallest absolute Gasteiger partial charge is 0.269 e. The Morgan fingerprint density at radius 3 is 2.75 bits per heavy atom. The zero-order valence-electron chi connectivity index (χ0n) is 12.8. The minimum absolute atomic E-state index is 0.248. The van der Waals surface area contributed by atoms with E-state index in [2.05, 4.69) is 41.6 Å². The normalized spacial score (nSPS) is 10.8. The van der Waals surface area contributed by atoms with Gasteiger partial charge in [0.2, 0.25) is 0 Å². The molecule has 1 aromatic carbocycles. The van der Waals surface area contributed by atoms with Gasteiger partial charge in [0.05, 0.1) is 12.2 Å². The molecule has 124 valence electrons. The molecule has 0 unspecified atom stereocenters. The summed E-state index contributed by atoms with van der Waals surface area (Å²) in [5.41, 5.74) is 2.04. The van der Waals surface area contributed by atoms with E-state index in [0.29, 0.717) is 28.5 Å². The van der Waals surface area contributed by atoms with Gasteiger partial charge in [-0.1, -0.05) is 28.1 Å². The molecule has 0 spiro atoms. The lowest BCUT2D eigenvalue weighted by molar-refractivity contribution is 0.0944. The molecule has 0 aliphatic heterocycles. The second-order valence-electron chi connectivity index (χ2n) is 5.05. The fraction of sp³-hybridized carbons (Fsp3) is 0.200. The summed E-state index contributed by atoms with van der Waals surface area (Å²) >= 11 is 8.52. The van der Waals surface area contributed by atoms with Crippen molar-refractivity contribution in [3.05, 3.63) is 51.1 Å². The quantitative estimate of drug-likeness (QED) is 0.567. The van der Waals surface area contributed by atoms with Crippen molar-refractivity contribution >= 4 is 34.1 Å². The summed E-state index contributed by atoms with van der Waals surface area (Å²) in [7, 11) is 0. The first-order chi connectivity index (χ1) is 11.6. The summed E-state index contributed by atoms with van der Waals surface area (Å²) in [5, 5.41) is 16.6. The molecule has 2 heterocycles. The summed E-state index contributed by atoms with van der Waals surface area (Å²) in [5.74, 6) is 0.436. The molecule has 0 aliphatic rings. The number of hydrogen-bond donors (Lipinski definition) is 3. The Kier molecular flexibility index (Phi) is 4.91. The second-order valence-corrected chi connectivity index (χ2v) is 6.35. The zero-order valence-corrected chi connectivity index (χ0v) is 15.2. The third-order valence-electron chi connectivity index (χ3n) is 3.52. The average Bonchev–Trinajstić information content (AvgIpc) is 3.20. The van der Waals surface area contributed by atoms with Crippen LogP contribution in [-0.4, -0.2) is 30.9 Å². The first-order valence-electron chi connectivity index (χ1n) is 7.32. The van der Waals surface area contributed by atoms with Crippen LogP contribution in [0.2, 0.25) is 0 Å². The highest BCUT2D eigenvalue weighted by molar-refractivity contribution is 9.10. The van der Waals surface area contributed by atoms with Crippen LogP contribution < -0.4 is 5.32 Å². The van der Waals surface area contributed by atoms with Gasteiger partial charge in [-0.2, -0.15) is 10.2 Å². The highest BCUT2D eigenvalue weighted by atomic mass is 79.9.